The van der Waals surface area contributed by atoms with Gasteiger partial charge in [0.05, 0.1) is 0 Å². The molecule has 294 valence electrons. The van der Waals surface area contributed by atoms with Crippen LogP contribution in [-0.2, 0) is 5.41 Å². The van der Waals surface area contributed by atoms with Gasteiger partial charge in [-0.15, -0.1) is 0 Å². The minimum absolute atomic E-state index is 0.131. The van der Waals surface area contributed by atoms with E-state index < -0.39 is 0 Å². The average Bonchev–Trinajstić information content (AvgIpc) is 3.59. The van der Waals surface area contributed by atoms with Crippen molar-refractivity contribution >= 4 is 64.6 Å². The molecule has 1 aliphatic rings. The molecule has 13 rings (SSSR count). The van der Waals surface area contributed by atoms with Gasteiger partial charge in [-0.25, -0.2) is 0 Å². The van der Waals surface area contributed by atoms with Crippen molar-refractivity contribution in [3.05, 3.63) is 230 Å². The Morgan fingerprint density at radius 2 is 0.714 bits per heavy atom. The molecule has 63 heavy (non-hydrogen) atoms. The molecule has 12 aromatic carbocycles. The van der Waals surface area contributed by atoms with Crippen molar-refractivity contribution in [2.45, 2.75) is 19.3 Å². The maximum absolute atomic E-state index is 2.47. The van der Waals surface area contributed by atoms with Crippen LogP contribution in [0.4, 0.5) is 0 Å². The molecule has 0 unspecified atom stereocenters. The fraction of sp³-hybridized carbons (Fsp3) is 0.0476. The molecule has 0 heterocycles. The van der Waals surface area contributed by atoms with Gasteiger partial charge in [0.15, 0.2) is 0 Å². The van der Waals surface area contributed by atoms with Gasteiger partial charge in [0.2, 0.25) is 0 Å². The molecule has 0 radical (unpaired) electrons. The molecule has 0 bridgehead atoms. The summed E-state index contributed by atoms with van der Waals surface area (Å²) in [6.07, 6.45) is 0. The summed E-state index contributed by atoms with van der Waals surface area (Å²) < 4.78 is 0. The minimum Gasteiger partial charge on any atom is -0.0616 e. The van der Waals surface area contributed by atoms with Crippen molar-refractivity contribution in [3.63, 3.8) is 0 Å². The van der Waals surface area contributed by atoms with E-state index in [9.17, 15) is 0 Å². The van der Waals surface area contributed by atoms with Crippen LogP contribution in [0.1, 0.15) is 25.0 Å². The molecule has 0 fully saturated rings. The summed E-state index contributed by atoms with van der Waals surface area (Å²) in [6.45, 7) is 4.81. The summed E-state index contributed by atoms with van der Waals surface area (Å²) in [5.41, 5.74) is 15.4. The number of hydrogen-bond donors (Lipinski definition) is 0. The molecule has 0 saturated carbocycles. The number of rotatable bonds is 4. The van der Waals surface area contributed by atoms with Gasteiger partial charge in [-0.3, -0.25) is 0 Å². The molecular formula is C63H42. The van der Waals surface area contributed by atoms with E-state index in [1.54, 1.807) is 0 Å². The zero-order valence-electron chi connectivity index (χ0n) is 35.3. The van der Waals surface area contributed by atoms with Gasteiger partial charge >= 0.3 is 0 Å². The molecule has 0 spiro atoms. The van der Waals surface area contributed by atoms with E-state index in [1.165, 1.54) is 131 Å². The molecule has 12 aromatic rings. The van der Waals surface area contributed by atoms with Gasteiger partial charge in [0.25, 0.3) is 0 Å². The topological polar surface area (TPSA) is 0 Å². The lowest BCUT2D eigenvalue weighted by atomic mass is 9.79. The smallest absolute Gasteiger partial charge is 0.0165 e. The third-order valence-corrected chi connectivity index (χ3v) is 14.2. The molecule has 0 aliphatic heterocycles. The first kappa shape index (κ1) is 35.9. The van der Waals surface area contributed by atoms with E-state index in [4.69, 9.17) is 0 Å². The molecule has 0 amide bonds. The van der Waals surface area contributed by atoms with Gasteiger partial charge in [0.1, 0.15) is 0 Å². The molecule has 0 N–H and O–H groups in total. The molecular weight excluding hydrogens is 757 g/mol. The first-order chi connectivity index (χ1) is 31.0. The van der Waals surface area contributed by atoms with Crippen molar-refractivity contribution in [1.82, 2.24) is 0 Å². The summed E-state index contributed by atoms with van der Waals surface area (Å²) in [4.78, 5) is 0. The molecule has 0 aromatic heterocycles. The van der Waals surface area contributed by atoms with E-state index in [-0.39, 0.29) is 5.41 Å². The highest BCUT2D eigenvalue weighted by molar-refractivity contribution is 6.24. The summed E-state index contributed by atoms with van der Waals surface area (Å²) in [6, 6.07) is 81.6. The second-order valence-corrected chi connectivity index (χ2v) is 17.9. The van der Waals surface area contributed by atoms with E-state index in [0.717, 1.165) is 0 Å². The van der Waals surface area contributed by atoms with Crippen LogP contribution in [0.2, 0.25) is 0 Å². The highest BCUT2D eigenvalue weighted by atomic mass is 14.4. The first-order valence-corrected chi connectivity index (χ1v) is 22.2. The Hall–Kier alpha value is -7.80. The van der Waals surface area contributed by atoms with Gasteiger partial charge in [-0.05, 0) is 150 Å². The lowest BCUT2D eigenvalue weighted by Gasteiger charge is -2.24. The third-order valence-electron chi connectivity index (χ3n) is 14.2. The monoisotopic (exact) mass is 798 g/mol. The van der Waals surface area contributed by atoms with Crippen LogP contribution in [0.15, 0.2) is 218 Å². The molecule has 0 saturated heterocycles. The molecule has 1 aliphatic carbocycles. The van der Waals surface area contributed by atoms with E-state index >= 15 is 0 Å². The highest BCUT2D eigenvalue weighted by Crippen LogP contribution is 2.55. The van der Waals surface area contributed by atoms with E-state index in [2.05, 4.69) is 232 Å². The largest absolute Gasteiger partial charge is 0.0616 e. The minimum atomic E-state index is -0.131. The van der Waals surface area contributed by atoms with E-state index in [1.807, 2.05) is 0 Å². The summed E-state index contributed by atoms with van der Waals surface area (Å²) >= 11 is 0. The van der Waals surface area contributed by atoms with Crippen molar-refractivity contribution in [3.8, 4) is 55.6 Å². The Kier molecular flexibility index (Phi) is 7.75. The van der Waals surface area contributed by atoms with Gasteiger partial charge in [-0.2, -0.15) is 0 Å². The predicted molar refractivity (Wildman–Crippen MR) is 271 cm³/mol. The van der Waals surface area contributed by atoms with Crippen molar-refractivity contribution in [2.24, 2.45) is 0 Å². The first-order valence-electron chi connectivity index (χ1n) is 22.2. The zero-order chi connectivity index (χ0) is 41.8. The third kappa shape index (κ3) is 5.22. The molecule has 0 heteroatoms. The van der Waals surface area contributed by atoms with Crippen molar-refractivity contribution < 1.29 is 0 Å². The molecule has 0 nitrogen and oxygen atoms in total. The van der Waals surface area contributed by atoms with Crippen LogP contribution in [0, 0.1) is 0 Å². The summed E-state index contributed by atoms with van der Waals surface area (Å²) in [5.74, 6) is 0. The Morgan fingerprint density at radius 1 is 0.254 bits per heavy atom. The number of benzene rings is 12. The summed E-state index contributed by atoms with van der Waals surface area (Å²) in [5, 5.41) is 15.4. The fourth-order valence-corrected chi connectivity index (χ4v) is 11.5. The molecule has 0 atom stereocenters. The second-order valence-electron chi connectivity index (χ2n) is 17.9. The van der Waals surface area contributed by atoms with Crippen LogP contribution in [0.3, 0.4) is 0 Å². The maximum Gasteiger partial charge on any atom is 0.0165 e. The SMILES string of the molecule is CC1(C)c2ccc(-c3cccc(-c4c5ccccc5c(-c5ccccc5-c5cc6ccccc6c6ccccc56)c5ccccc45)c3)cc2-c2c1c1ccccc1c1ccccc21. The summed E-state index contributed by atoms with van der Waals surface area (Å²) in [7, 11) is 0. The lowest BCUT2D eigenvalue weighted by Crippen LogP contribution is -2.15. The van der Waals surface area contributed by atoms with Crippen molar-refractivity contribution in [1.29, 1.82) is 0 Å². The Balaban J connectivity index is 1.01. The Bertz CT molecular complexity index is 3820. The quantitative estimate of drug-likeness (QED) is 0.123. The van der Waals surface area contributed by atoms with Crippen LogP contribution in [0.25, 0.3) is 120 Å². The van der Waals surface area contributed by atoms with Crippen LogP contribution in [-0.4, -0.2) is 0 Å². The Labute approximate surface area is 367 Å². The number of fused-ring (bicyclic) bond motifs is 13. The second kappa shape index (κ2) is 13.6. The van der Waals surface area contributed by atoms with Crippen molar-refractivity contribution in [2.75, 3.05) is 0 Å². The Morgan fingerprint density at radius 3 is 1.38 bits per heavy atom. The van der Waals surface area contributed by atoms with Crippen LogP contribution >= 0.6 is 0 Å². The van der Waals surface area contributed by atoms with Crippen LogP contribution in [0.5, 0.6) is 0 Å². The van der Waals surface area contributed by atoms with Gasteiger partial charge < -0.3 is 0 Å². The predicted octanol–water partition coefficient (Wildman–Crippen LogP) is 17.6. The van der Waals surface area contributed by atoms with Crippen LogP contribution < -0.4 is 0 Å². The zero-order valence-corrected chi connectivity index (χ0v) is 35.3. The number of hydrogen-bond acceptors (Lipinski definition) is 0. The maximum atomic E-state index is 2.47. The van der Waals surface area contributed by atoms with Gasteiger partial charge in [0, 0.05) is 5.41 Å². The standard InChI is InChI=1S/C63H42/c1-63(2)58-35-34-40(37-57(58)61-50-28-11-7-23-45(50)46-24-9-16-33-55(46)62(61)63)39-19-17-20-42(36-39)59-51-29-12-14-31-53(51)60(54-32-15-13-30-52(54)59)49-27-10-8-26-48(49)56-38-41-18-3-4-21-43(41)44-22-5-6-25-47(44)56/h3-38H,1-2H3. The normalized spacial score (nSPS) is 13.0. The fourth-order valence-electron chi connectivity index (χ4n) is 11.5. The van der Waals surface area contributed by atoms with E-state index in [0.29, 0.717) is 0 Å². The highest BCUT2D eigenvalue weighted by Gasteiger charge is 2.38. The average molecular weight is 799 g/mol. The van der Waals surface area contributed by atoms with Gasteiger partial charge in [-0.1, -0.05) is 214 Å². The lowest BCUT2D eigenvalue weighted by molar-refractivity contribution is 0.666.